The van der Waals surface area contributed by atoms with E-state index in [-0.39, 0.29) is 0 Å². The summed E-state index contributed by atoms with van der Waals surface area (Å²) in [4.78, 5) is 2.17. The molecular weight excluding hydrogens is 302 g/mol. The Hall–Kier alpha value is -2.63. The Morgan fingerprint density at radius 1 is 1.25 bits per heavy atom. The largest absolute Gasteiger partial charge is 0.494 e. The number of anilines is 1. The minimum absolute atomic E-state index is 0.338. The second-order valence-corrected chi connectivity index (χ2v) is 6.14. The van der Waals surface area contributed by atoms with Crippen LogP contribution in [-0.4, -0.2) is 33.5 Å². The number of hydrogen-bond acceptors (Lipinski definition) is 5. The summed E-state index contributed by atoms with van der Waals surface area (Å²) in [6.07, 6.45) is 1.65. The second-order valence-electron chi connectivity index (χ2n) is 6.14. The van der Waals surface area contributed by atoms with Crippen LogP contribution in [0.3, 0.4) is 0 Å². The van der Waals surface area contributed by atoms with E-state index in [0.29, 0.717) is 12.5 Å². The van der Waals surface area contributed by atoms with Gasteiger partial charge < -0.3 is 9.64 Å². The zero-order valence-corrected chi connectivity index (χ0v) is 14.6. The van der Waals surface area contributed by atoms with Gasteiger partial charge in [0.15, 0.2) is 0 Å². The van der Waals surface area contributed by atoms with E-state index in [2.05, 4.69) is 59.3 Å². The zero-order chi connectivity index (χ0) is 17.1. The Kier molecular flexibility index (Phi) is 4.64. The van der Waals surface area contributed by atoms with Crippen molar-refractivity contribution < 1.29 is 4.74 Å². The van der Waals surface area contributed by atoms with Crippen LogP contribution < -0.4 is 9.64 Å². The Morgan fingerprint density at radius 3 is 2.83 bits per heavy atom. The van der Waals surface area contributed by atoms with Gasteiger partial charge in [-0.15, -0.1) is 10.2 Å². The lowest BCUT2D eigenvalue weighted by Gasteiger charge is -2.21. The standard InChI is InChI=1S/C18H23N5O/c1-5-24-15-8-6-7-14(9-15)11-22(4)17-10-16(13(2)3)21-23-12-19-20-18(17)23/h6-10,12-13H,5,11H2,1-4H3. The van der Waals surface area contributed by atoms with Crippen molar-refractivity contribution in [2.45, 2.75) is 33.2 Å². The summed E-state index contributed by atoms with van der Waals surface area (Å²) in [6.45, 7) is 7.68. The van der Waals surface area contributed by atoms with Gasteiger partial charge in [-0.25, -0.2) is 0 Å². The van der Waals surface area contributed by atoms with Gasteiger partial charge in [0.05, 0.1) is 18.0 Å². The third kappa shape index (κ3) is 3.32. The predicted molar refractivity (Wildman–Crippen MR) is 94.6 cm³/mol. The number of ether oxygens (including phenoxy) is 1. The molecule has 2 aromatic heterocycles. The van der Waals surface area contributed by atoms with Gasteiger partial charge in [-0.05, 0) is 36.6 Å². The molecule has 0 unspecified atom stereocenters. The van der Waals surface area contributed by atoms with Crippen molar-refractivity contribution in [2.75, 3.05) is 18.6 Å². The molecule has 2 heterocycles. The van der Waals surface area contributed by atoms with E-state index in [1.165, 1.54) is 5.56 Å². The molecule has 1 aromatic carbocycles. The summed E-state index contributed by atoms with van der Waals surface area (Å²) in [5.74, 6) is 1.24. The molecule has 0 aliphatic heterocycles. The summed E-state index contributed by atoms with van der Waals surface area (Å²) in [7, 11) is 2.06. The number of hydrogen-bond donors (Lipinski definition) is 0. The molecule has 0 spiro atoms. The molecule has 0 atom stereocenters. The van der Waals surface area contributed by atoms with E-state index in [1.54, 1.807) is 10.8 Å². The molecule has 3 rings (SSSR count). The van der Waals surface area contributed by atoms with Crippen LogP contribution in [-0.2, 0) is 6.54 Å². The third-order valence-corrected chi connectivity index (χ3v) is 3.90. The van der Waals surface area contributed by atoms with Crippen LogP contribution in [0, 0.1) is 0 Å². The average molecular weight is 325 g/mol. The molecule has 0 saturated carbocycles. The summed E-state index contributed by atoms with van der Waals surface area (Å²) >= 11 is 0. The first kappa shape index (κ1) is 16.2. The zero-order valence-electron chi connectivity index (χ0n) is 14.6. The molecule has 126 valence electrons. The van der Waals surface area contributed by atoms with Crippen LogP contribution in [0.15, 0.2) is 36.7 Å². The fourth-order valence-electron chi connectivity index (χ4n) is 2.65. The van der Waals surface area contributed by atoms with Gasteiger partial charge in [0.2, 0.25) is 5.65 Å². The molecule has 0 amide bonds. The fourth-order valence-corrected chi connectivity index (χ4v) is 2.65. The van der Waals surface area contributed by atoms with Crippen LogP contribution in [0.2, 0.25) is 0 Å². The smallest absolute Gasteiger partial charge is 0.200 e. The Labute approximate surface area is 142 Å². The van der Waals surface area contributed by atoms with Crippen LogP contribution in [0.4, 0.5) is 5.69 Å². The van der Waals surface area contributed by atoms with E-state index >= 15 is 0 Å². The Bertz CT molecular complexity index is 827. The summed E-state index contributed by atoms with van der Waals surface area (Å²) in [5, 5.41) is 12.8. The van der Waals surface area contributed by atoms with Gasteiger partial charge in [-0.1, -0.05) is 26.0 Å². The maximum absolute atomic E-state index is 5.59. The maximum Gasteiger partial charge on any atom is 0.200 e. The first-order chi connectivity index (χ1) is 11.6. The summed E-state index contributed by atoms with van der Waals surface area (Å²) in [6, 6.07) is 10.3. The average Bonchev–Trinajstić information content (AvgIpc) is 3.03. The van der Waals surface area contributed by atoms with Crippen molar-refractivity contribution in [3.8, 4) is 5.75 Å². The normalized spacial score (nSPS) is 11.2. The molecule has 3 aromatic rings. The molecule has 0 aliphatic carbocycles. The van der Waals surface area contributed by atoms with E-state index in [1.807, 2.05) is 19.1 Å². The molecule has 0 radical (unpaired) electrons. The number of rotatable bonds is 6. The van der Waals surface area contributed by atoms with Crippen LogP contribution in [0.5, 0.6) is 5.75 Å². The molecule has 6 nitrogen and oxygen atoms in total. The van der Waals surface area contributed by atoms with Crippen molar-refractivity contribution in [1.29, 1.82) is 0 Å². The van der Waals surface area contributed by atoms with Gasteiger partial charge in [-0.2, -0.15) is 9.61 Å². The molecule has 0 bridgehead atoms. The molecule has 24 heavy (non-hydrogen) atoms. The predicted octanol–water partition coefficient (Wildman–Crippen LogP) is 3.28. The van der Waals surface area contributed by atoms with Crippen LogP contribution >= 0.6 is 0 Å². The Morgan fingerprint density at radius 2 is 2.08 bits per heavy atom. The van der Waals surface area contributed by atoms with Gasteiger partial charge in [0.1, 0.15) is 12.1 Å². The molecule has 0 N–H and O–H groups in total. The van der Waals surface area contributed by atoms with Gasteiger partial charge in [-0.3, -0.25) is 0 Å². The number of nitrogens with zero attached hydrogens (tertiary/aromatic N) is 5. The quantitative estimate of drug-likeness (QED) is 0.696. The highest BCUT2D eigenvalue weighted by Gasteiger charge is 2.14. The topological polar surface area (TPSA) is 55.5 Å². The van der Waals surface area contributed by atoms with E-state index in [4.69, 9.17) is 4.74 Å². The van der Waals surface area contributed by atoms with Crippen molar-refractivity contribution in [2.24, 2.45) is 0 Å². The van der Waals surface area contributed by atoms with Gasteiger partial charge in [0, 0.05) is 13.6 Å². The molecule has 0 aliphatic rings. The number of fused-ring (bicyclic) bond motifs is 1. The first-order valence-corrected chi connectivity index (χ1v) is 8.22. The van der Waals surface area contributed by atoms with Crippen molar-refractivity contribution in [3.05, 3.63) is 47.9 Å². The second kappa shape index (κ2) is 6.86. The summed E-state index contributed by atoms with van der Waals surface area (Å²) in [5.41, 5.74) is 3.99. The highest BCUT2D eigenvalue weighted by atomic mass is 16.5. The molecular formula is C18H23N5O. The highest BCUT2D eigenvalue weighted by Crippen LogP contribution is 2.25. The van der Waals surface area contributed by atoms with Crippen LogP contribution in [0.1, 0.15) is 37.9 Å². The molecule has 6 heteroatoms. The molecule has 0 fully saturated rings. The lowest BCUT2D eigenvalue weighted by Crippen LogP contribution is -2.18. The SMILES string of the molecule is CCOc1cccc(CN(C)c2cc(C(C)C)nn3cnnc23)c1. The van der Waals surface area contributed by atoms with Crippen LogP contribution in [0.25, 0.3) is 5.65 Å². The third-order valence-electron chi connectivity index (χ3n) is 3.90. The maximum atomic E-state index is 5.59. The van der Waals surface area contributed by atoms with E-state index in [9.17, 15) is 0 Å². The minimum atomic E-state index is 0.338. The van der Waals surface area contributed by atoms with Gasteiger partial charge in [0.25, 0.3) is 0 Å². The van der Waals surface area contributed by atoms with Gasteiger partial charge >= 0.3 is 0 Å². The lowest BCUT2D eigenvalue weighted by atomic mass is 10.1. The molecule has 0 saturated heterocycles. The fraction of sp³-hybridized carbons (Fsp3) is 0.389. The number of benzene rings is 1. The highest BCUT2D eigenvalue weighted by molar-refractivity contribution is 5.68. The minimum Gasteiger partial charge on any atom is -0.494 e. The Balaban J connectivity index is 1.92. The van der Waals surface area contributed by atoms with Crippen molar-refractivity contribution in [3.63, 3.8) is 0 Å². The summed E-state index contributed by atoms with van der Waals surface area (Å²) < 4.78 is 7.34. The van der Waals surface area contributed by atoms with E-state index < -0.39 is 0 Å². The first-order valence-electron chi connectivity index (χ1n) is 8.22. The van der Waals surface area contributed by atoms with E-state index in [0.717, 1.165) is 29.3 Å². The van der Waals surface area contributed by atoms with Crippen molar-refractivity contribution >= 4 is 11.3 Å². The number of aromatic nitrogens is 4. The lowest BCUT2D eigenvalue weighted by molar-refractivity contribution is 0.340. The van der Waals surface area contributed by atoms with Crippen molar-refractivity contribution in [1.82, 2.24) is 19.8 Å². The monoisotopic (exact) mass is 325 g/mol.